The van der Waals surface area contributed by atoms with Gasteiger partial charge in [0.2, 0.25) is 0 Å². The molecule has 0 spiro atoms. The molecule has 0 aromatic rings. The molecule has 0 unspecified atom stereocenters. The third-order valence-corrected chi connectivity index (χ3v) is 2.16. The van der Waals surface area contributed by atoms with E-state index >= 15 is 0 Å². The summed E-state index contributed by atoms with van der Waals surface area (Å²) in [5.41, 5.74) is 0. The molecule has 0 aliphatic heterocycles. The van der Waals surface area contributed by atoms with Crippen molar-refractivity contribution in [2.75, 3.05) is 27.2 Å². The van der Waals surface area contributed by atoms with Crippen LogP contribution in [-0.4, -0.2) is 50.3 Å². The molecular weight excluding hydrogens is 230 g/mol. The summed E-state index contributed by atoms with van der Waals surface area (Å²) in [7, 11) is 4.09. The first-order chi connectivity index (χ1) is 8.43. The number of hydrogen-bond donors (Lipinski definition) is 0. The quantitative estimate of drug-likeness (QED) is 0.471. The zero-order valence-electron chi connectivity index (χ0n) is 12.6. The van der Waals surface area contributed by atoms with Crippen molar-refractivity contribution in [1.82, 2.24) is 4.90 Å². The van der Waals surface area contributed by atoms with Gasteiger partial charge in [0.25, 0.3) is 0 Å². The molecule has 0 saturated carbocycles. The lowest BCUT2D eigenvalue weighted by Crippen LogP contribution is -2.19. The smallest absolute Gasteiger partial charge is 0.132 e. The number of hydrogen-bond acceptors (Lipinski definition) is 4. The number of carbonyl (C=O) groups is 2. The normalized spacial score (nSPS) is 10.2. The van der Waals surface area contributed by atoms with E-state index < -0.39 is 0 Å². The Morgan fingerprint density at radius 2 is 1.94 bits per heavy atom. The fraction of sp³-hybridized carbons (Fsp3) is 0.857. The first kappa shape index (κ1) is 19.6. The zero-order valence-corrected chi connectivity index (χ0v) is 12.6. The van der Waals surface area contributed by atoms with Gasteiger partial charge in [0.05, 0.1) is 12.7 Å². The van der Waals surface area contributed by atoms with E-state index in [1.807, 2.05) is 21.0 Å². The molecule has 0 fully saturated rings. The lowest BCUT2D eigenvalue weighted by molar-refractivity contribution is -0.118. The van der Waals surface area contributed by atoms with Gasteiger partial charge in [-0.05, 0) is 34.4 Å². The summed E-state index contributed by atoms with van der Waals surface area (Å²) in [4.78, 5) is 22.4. The minimum atomic E-state index is 0.247. The summed E-state index contributed by atoms with van der Waals surface area (Å²) in [5.74, 6) is 0.247. The van der Waals surface area contributed by atoms with Gasteiger partial charge in [-0.25, -0.2) is 0 Å². The molecule has 0 heterocycles. The largest absolute Gasteiger partial charge is 0.377 e. The van der Waals surface area contributed by atoms with E-state index in [1.165, 1.54) is 0 Å². The molecule has 0 aromatic heterocycles. The van der Waals surface area contributed by atoms with Gasteiger partial charge in [0.15, 0.2) is 0 Å². The Balaban J connectivity index is 0. The number of ketones is 1. The van der Waals surface area contributed by atoms with E-state index in [9.17, 15) is 9.59 Å². The molecule has 0 bridgehead atoms. The molecule has 18 heavy (non-hydrogen) atoms. The van der Waals surface area contributed by atoms with E-state index in [0.29, 0.717) is 25.4 Å². The Kier molecular flexibility index (Phi) is 15.6. The van der Waals surface area contributed by atoms with Gasteiger partial charge in [0.1, 0.15) is 12.1 Å². The van der Waals surface area contributed by atoms with Gasteiger partial charge in [-0.3, -0.25) is 4.79 Å². The molecule has 0 saturated heterocycles. The number of rotatable bonds is 9. The maximum absolute atomic E-state index is 10.6. The number of likely N-dealkylation sites (N-methyl/N-ethyl adjacent to an activating group) is 1. The summed E-state index contributed by atoms with van der Waals surface area (Å²) in [6.45, 7) is 7.79. The van der Waals surface area contributed by atoms with Gasteiger partial charge < -0.3 is 14.4 Å². The number of aldehydes is 1. The minimum Gasteiger partial charge on any atom is -0.377 e. The second-order valence-electron chi connectivity index (χ2n) is 4.67. The summed E-state index contributed by atoms with van der Waals surface area (Å²) in [6, 6.07) is 0. The van der Waals surface area contributed by atoms with E-state index in [2.05, 4.69) is 18.7 Å². The number of nitrogens with zero attached hydrogens (tertiary/aromatic N) is 1. The van der Waals surface area contributed by atoms with Gasteiger partial charge in [-0.1, -0.05) is 6.92 Å². The third kappa shape index (κ3) is 20.6. The Morgan fingerprint density at radius 3 is 2.33 bits per heavy atom. The molecule has 0 aliphatic carbocycles. The van der Waals surface area contributed by atoms with Gasteiger partial charge in [-0.15, -0.1) is 0 Å². The van der Waals surface area contributed by atoms with Crippen molar-refractivity contribution in [3.05, 3.63) is 0 Å². The zero-order chi connectivity index (χ0) is 14.4. The Bertz CT molecular complexity index is 195. The highest BCUT2D eigenvalue weighted by atomic mass is 16.5. The van der Waals surface area contributed by atoms with Crippen LogP contribution in [0.2, 0.25) is 0 Å². The SMILES string of the molecule is CC(C)OCCN(C)C.CCC(=O)CCCC=O. The average Bonchev–Trinajstić information content (AvgIpc) is 2.29. The standard InChI is InChI=1S/C7H17NO.C7H12O2/c1-7(2)9-6-5-8(3)4;1-2-7(9)5-3-4-6-8/h7H,5-6H2,1-4H3;6H,2-5H2,1H3. The fourth-order valence-electron chi connectivity index (χ4n) is 1.03. The molecule has 4 heteroatoms. The molecule has 0 radical (unpaired) electrons. The van der Waals surface area contributed by atoms with Crippen molar-refractivity contribution in [3.8, 4) is 0 Å². The third-order valence-electron chi connectivity index (χ3n) is 2.16. The predicted molar refractivity (Wildman–Crippen MR) is 74.9 cm³/mol. The minimum absolute atomic E-state index is 0.247. The van der Waals surface area contributed by atoms with E-state index in [4.69, 9.17) is 4.74 Å². The van der Waals surface area contributed by atoms with Crippen LogP contribution in [0.3, 0.4) is 0 Å². The van der Waals surface area contributed by atoms with Crippen molar-refractivity contribution < 1.29 is 14.3 Å². The van der Waals surface area contributed by atoms with Crippen LogP contribution in [0.1, 0.15) is 46.5 Å². The highest BCUT2D eigenvalue weighted by Gasteiger charge is 1.95. The van der Waals surface area contributed by atoms with Crippen LogP contribution in [-0.2, 0) is 14.3 Å². The molecule has 0 rings (SSSR count). The van der Waals surface area contributed by atoms with E-state index in [1.54, 1.807) is 0 Å². The number of carbonyl (C=O) groups excluding carboxylic acids is 2. The number of Topliss-reactive ketones (excluding diaryl/α,β-unsaturated/α-hetero) is 1. The topological polar surface area (TPSA) is 46.6 Å². The summed E-state index contributed by atoms with van der Waals surface area (Å²) >= 11 is 0. The van der Waals surface area contributed by atoms with Crippen LogP contribution < -0.4 is 0 Å². The summed E-state index contributed by atoms with van der Waals surface area (Å²) in [5, 5.41) is 0. The van der Waals surface area contributed by atoms with E-state index in [-0.39, 0.29) is 5.78 Å². The Hall–Kier alpha value is -0.740. The van der Waals surface area contributed by atoms with Crippen molar-refractivity contribution in [3.63, 3.8) is 0 Å². The predicted octanol–water partition coefficient (Wildman–Crippen LogP) is 2.31. The fourth-order valence-corrected chi connectivity index (χ4v) is 1.03. The Morgan fingerprint density at radius 1 is 1.33 bits per heavy atom. The molecule has 0 N–H and O–H groups in total. The highest BCUT2D eigenvalue weighted by molar-refractivity contribution is 5.78. The molecule has 4 nitrogen and oxygen atoms in total. The first-order valence-corrected chi connectivity index (χ1v) is 6.65. The van der Waals surface area contributed by atoms with Gasteiger partial charge >= 0.3 is 0 Å². The lowest BCUT2D eigenvalue weighted by Gasteiger charge is -2.11. The van der Waals surface area contributed by atoms with Crippen molar-refractivity contribution in [1.29, 1.82) is 0 Å². The van der Waals surface area contributed by atoms with Crippen molar-refractivity contribution >= 4 is 12.1 Å². The molecule has 108 valence electrons. The lowest BCUT2D eigenvalue weighted by atomic mass is 10.1. The van der Waals surface area contributed by atoms with Crippen LogP contribution in [0.5, 0.6) is 0 Å². The van der Waals surface area contributed by atoms with Crippen molar-refractivity contribution in [2.45, 2.75) is 52.6 Å². The van der Waals surface area contributed by atoms with Gasteiger partial charge in [-0.2, -0.15) is 0 Å². The highest BCUT2D eigenvalue weighted by Crippen LogP contribution is 1.95. The molecular formula is C14H29NO3. The monoisotopic (exact) mass is 259 g/mol. The second-order valence-corrected chi connectivity index (χ2v) is 4.67. The molecule has 0 amide bonds. The summed E-state index contributed by atoms with van der Waals surface area (Å²) < 4.78 is 5.31. The Labute approximate surface area is 112 Å². The number of unbranched alkanes of at least 4 members (excludes halogenated alkanes) is 1. The van der Waals surface area contributed by atoms with Crippen LogP contribution in [0.25, 0.3) is 0 Å². The van der Waals surface area contributed by atoms with Crippen LogP contribution in [0.4, 0.5) is 0 Å². The molecule has 0 aliphatic rings. The van der Waals surface area contributed by atoms with Crippen LogP contribution in [0, 0.1) is 0 Å². The second kappa shape index (κ2) is 14.3. The average molecular weight is 259 g/mol. The summed E-state index contributed by atoms with van der Waals surface area (Å²) in [6.07, 6.45) is 3.61. The maximum Gasteiger partial charge on any atom is 0.132 e. The van der Waals surface area contributed by atoms with E-state index in [0.717, 1.165) is 25.9 Å². The first-order valence-electron chi connectivity index (χ1n) is 6.65. The van der Waals surface area contributed by atoms with Crippen LogP contribution >= 0.6 is 0 Å². The molecule has 0 aromatic carbocycles. The van der Waals surface area contributed by atoms with Crippen molar-refractivity contribution in [2.24, 2.45) is 0 Å². The molecule has 0 atom stereocenters. The maximum atomic E-state index is 10.6. The number of ether oxygens (including phenoxy) is 1. The van der Waals surface area contributed by atoms with Gasteiger partial charge in [0, 0.05) is 25.8 Å². The van der Waals surface area contributed by atoms with Crippen LogP contribution in [0.15, 0.2) is 0 Å².